The lowest BCUT2D eigenvalue weighted by atomic mass is 10.1. The Labute approximate surface area is 149 Å². The molecule has 0 atom stereocenters. The highest BCUT2D eigenvalue weighted by molar-refractivity contribution is 6.33. The van der Waals surface area contributed by atoms with Gasteiger partial charge in [-0.25, -0.2) is 8.78 Å². The Morgan fingerprint density at radius 1 is 1.28 bits per heavy atom. The van der Waals surface area contributed by atoms with Crippen molar-refractivity contribution in [2.75, 3.05) is 12.0 Å². The van der Waals surface area contributed by atoms with Crippen LogP contribution in [0.25, 0.3) is 0 Å². The molecule has 1 saturated carbocycles. The number of carbonyl (C=O) groups excluding carboxylic acids is 1. The maximum atomic E-state index is 14.3. The second kappa shape index (κ2) is 7.37. The molecule has 1 fully saturated rings. The number of aryl methyl sites for hydroxylation is 1. The molecular formula is C18H17ClF2N2O2. The van der Waals surface area contributed by atoms with E-state index in [-0.39, 0.29) is 24.1 Å². The topological polar surface area (TPSA) is 50.4 Å². The van der Waals surface area contributed by atoms with Gasteiger partial charge in [-0.3, -0.25) is 4.79 Å². The van der Waals surface area contributed by atoms with E-state index in [4.69, 9.17) is 16.3 Å². The molecule has 1 aliphatic rings. The van der Waals surface area contributed by atoms with Gasteiger partial charge in [-0.2, -0.15) is 0 Å². The molecular weight excluding hydrogens is 350 g/mol. The summed E-state index contributed by atoms with van der Waals surface area (Å²) in [6, 6.07) is 7.22. The quantitative estimate of drug-likeness (QED) is 0.738. The van der Waals surface area contributed by atoms with Crippen LogP contribution in [0.2, 0.25) is 5.02 Å². The van der Waals surface area contributed by atoms with Crippen molar-refractivity contribution in [2.45, 2.75) is 25.9 Å². The van der Waals surface area contributed by atoms with E-state index in [1.54, 1.807) is 18.2 Å². The maximum absolute atomic E-state index is 14.3. The third kappa shape index (κ3) is 4.27. The summed E-state index contributed by atoms with van der Waals surface area (Å²) in [4.78, 5) is 12.3. The van der Waals surface area contributed by atoms with Crippen LogP contribution in [0.1, 0.15) is 28.8 Å². The van der Waals surface area contributed by atoms with E-state index in [2.05, 4.69) is 10.6 Å². The van der Waals surface area contributed by atoms with Crippen molar-refractivity contribution in [1.82, 2.24) is 5.32 Å². The van der Waals surface area contributed by atoms with E-state index in [0.29, 0.717) is 10.7 Å². The highest BCUT2D eigenvalue weighted by Crippen LogP contribution is 2.31. The number of amides is 1. The van der Waals surface area contributed by atoms with Gasteiger partial charge in [-0.05, 0) is 49.6 Å². The maximum Gasteiger partial charge on any atom is 0.255 e. The van der Waals surface area contributed by atoms with Crippen LogP contribution in [-0.4, -0.2) is 18.7 Å². The fourth-order valence-electron chi connectivity index (χ4n) is 2.27. The van der Waals surface area contributed by atoms with Gasteiger partial charge in [0.25, 0.3) is 5.91 Å². The number of hydrogen-bond acceptors (Lipinski definition) is 3. The molecule has 1 aliphatic carbocycles. The van der Waals surface area contributed by atoms with Gasteiger partial charge in [-0.15, -0.1) is 0 Å². The lowest BCUT2D eigenvalue weighted by Crippen LogP contribution is -2.27. The summed E-state index contributed by atoms with van der Waals surface area (Å²) in [5.41, 5.74) is 0.995. The van der Waals surface area contributed by atoms with Crippen molar-refractivity contribution in [2.24, 2.45) is 0 Å². The molecule has 4 nitrogen and oxygen atoms in total. The van der Waals surface area contributed by atoms with E-state index >= 15 is 0 Å². The molecule has 132 valence electrons. The van der Waals surface area contributed by atoms with Crippen LogP contribution in [-0.2, 0) is 4.74 Å². The standard InChI is InChI=1S/C18H17ClF2N2O2/c1-10-2-7-15(13(19)8-10)23-17-12(5-6-14(20)16(17)21)18(24)22-9-25-11-3-4-11/h2,5-8,11,23H,3-4,9H2,1H3,(H,22,24). The number of halogens is 3. The lowest BCUT2D eigenvalue weighted by molar-refractivity contribution is 0.0750. The zero-order valence-corrected chi connectivity index (χ0v) is 14.3. The molecule has 1 amide bonds. The van der Waals surface area contributed by atoms with Crippen LogP contribution in [0.4, 0.5) is 20.2 Å². The molecule has 0 unspecified atom stereocenters. The zero-order valence-electron chi connectivity index (χ0n) is 13.5. The number of nitrogens with one attached hydrogen (secondary N) is 2. The van der Waals surface area contributed by atoms with Gasteiger partial charge in [-0.1, -0.05) is 17.7 Å². The van der Waals surface area contributed by atoms with Gasteiger partial charge in [0, 0.05) is 0 Å². The molecule has 0 spiro atoms. The number of hydrogen-bond donors (Lipinski definition) is 2. The monoisotopic (exact) mass is 366 g/mol. The number of anilines is 2. The van der Waals surface area contributed by atoms with E-state index in [1.807, 2.05) is 6.92 Å². The smallest absolute Gasteiger partial charge is 0.255 e. The third-order valence-electron chi connectivity index (χ3n) is 3.80. The van der Waals surface area contributed by atoms with Gasteiger partial charge in [0.2, 0.25) is 0 Å². The SMILES string of the molecule is Cc1ccc(Nc2c(C(=O)NCOC3CC3)ccc(F)c2F)c(Cl)c1. The van der Waals surface area contributed by atoms with Crippen molar-refractivity contribution in [3.63, 3.8) is 0 Å². The average molecular weight is 367 g/mol. The van der Waals surface area contributed by atoms with Crippen LogP contribution in [0.15, 0.2) is 30.3 Å². The summed E-state index contributed by atoms with van der Waals surface area (Å²) >= 11 is 6.13. The van der Waals surface area contributed by atoms with Crippen LogP contribution >= 0.6 is 11.6 Å². The number of benzene rings is 2. The summed E-state index contributed by atoms with van der Waals surface area (Å²) in [7, 11) is 0. The molecule has 2 aromatic rings. The van der Waals surface area contributed by atoms with Crippen LogP contribution < -0.4 is 10.6 Å². The van der Waals surface area contributed by atoms with Crippen LogP contribution in [0, 0.1) is 18.6 Å². The molecule has 0 heterocycles. The fourth-order valence-corrected chi connectivity index (χ4v) is 2.56. The van der Waals surface area contributed by atoms with Crippen molar-refractivity contribution in [3.8, 4) is 0 Å². The largest absolute Gasteiger partial charge is 0.358 e. The Hall–Kier alpha value is -2.18. The Morgan fingerprint density at radius 2 is 2.04 bits per heavy atom. The Morgan fingerprint density at radius 3 is 2.72 bits per heavy atom. The Bertz CT molecular complexity index is 810. The van der Waals surface area contributed by atoms with Gasteiger partial charge in [0.15, 0.2) is 11.6 Å². The van der Waals surface area contributed by atoms with Gasteiger partial charge in [0.05, 0.1) is 28.1 Å². The number of carbonyl (C=O) groups is 1. The predicted molar refractivity (Wildman–Crippen MR) is 92.3 cm³/mol. The van der Waals surface area contributed by atoms with Crippen LogP contribution in [0.3, 0.4) is 0 Å². The minimum Gasteiger partial charge on any atom is -0.358 e. The van der Waals surface area contributed by atoms with Crippen molar-refractivity contribution >= 4 is 28.9 Å². The minimum atomic E-state index is -1.15. The molecule has 0 bridgehead atoms. The Balaban J connectivity index is 1.85. The van der Waals surface area contributed by atoms with Crippen molar-refractivity contribution < 1.29 is 18.3 Å². The molecule has 25 heavy (non-hydrogen) atoms. The summed E-state index contributed by atoms with van der Waals surface area (Å²) < 4.78 is 33.3. The van der Waals surface area contributed by atoms with Crippen molar-refractivity contribution in [3.05, 3.63) is 58.1 Å². The normalized spacial score (nSPS) is 13.6. The number of ether oxygens (including phenoxy) is 1. The second-order valence-corrected chi connectivity index (χ2v) is 6.32. The first-order valence-electron chi connectivity index (χ1n) is 7.86. The highest BCUT2D eigenvalue weighted by atomic mass is 35.5. The fraction of sp³-hybridized carbons (Fsp3) is 0.278. The average Bonchev–Trinajstić information content (AvgIpc) is 3.38. The van der Waals surface area contributed by atoms with E-state index in [1.165, 1.54) is 6.07 Å². The lowest BCUT2D eigenvalue weighted by Gasteiger charge is -2.15. The van der Waals surface area contributed by atoms with Gasteiger partial charge >= 0.3 is 0 Å². The predicted octanol–water partition coefficient (Wildman–Crippen LogP) is 4.54. The first-order valence-corrected chi connectivity index (χ1v) is 8.24. The molecule has 0 radical (unpaired) electrons. The minimum absolute atomic E-state index is 0.0211. The first kappa shape index (κ1) is 17.6. The van der Waals surface area contributed by atoms with Gasteiger partial charge < -0.3 is 15.4 Å². The van der Waals surface area contributed by atoms with E-state index < -0.39 is 17.5 Å². The third-order valence-corrected chi connectivity index (χ3v) is 4.11. The Kier molecular flexibility index (Phi) is 5.20. The molecule has 0 saturated heterocycles. The highest BCUT2D eigenvalue weighted by Gasteiger charge is 2.23. The van der Waals surface area contributed by atoms with Crippen molar-refractivity contribution in [1.29, 1.82) is 0 Å². The summed E-state index contributed by atoms with van der Waals surface area (Å²) in [6.07, 6.45) is 2.12. The summed E-state index contributed by atoms with van der Waals surface area (Å²) in [5, 5.41) is 5.60. The molecule has 7 heteroatoms. The van der Waals surface area contributed by atoms with E-state index in [0.717, 1.165) is 24.5 Å². The molecule has 0 aromatic heterocycles. The molecule has 2 N–H and O–H groups in total. The van der Waals surface area contributed by atoms with Crippen LogP contribution in [0.5, 0.6) is 0 Å². The molecule has 2 aromatic carbocycles. The second-order valence-electron chi connectivity index (χ2n) is 5.91. The first-order chi connectivity index (χ1) is 12.0. The summed E-state index contributed by atoms with van der Waals surface area (Å²) in [5.74, 6) is -2.77. The van der Waals surface area contributed by atoms with E-state index in [9.17, 15) is 13.6 Å². The van der Waals surface area contributed by atoms with Gasteiger partial charge in [0.1, 0.15) is 6.73 Å². The summed E-state index contributed by atoms with van der Waals surface area (Å²) in [6.45, 7) is 1.88. The molecule has 3 rings (SSSR count). The zero-order chi connectivity index (χ0) is 18.0. The number of rotatable bonds is 6. The molecule has 0 aliphatic heterocycles.